The Morgan fingerprint density at radius 3 is 2.48 bits per heavy atom. The molecule has 0 fully saturated rings. The number of methoxy groups -OCH3 is 1. The van der Waals surface area contributed by atoms with Gasteiger partial charge in [0.15, 0.2) is 0 Å². The zero-order valence-corrected chi connectivity index (χ0v) is 15.4. The van der Waals surface area contributed by atoms with Crippen molar-refractivity contribution in [1.29, 1.82) is 0 Å². The first-order valence-corrected chi connectivity index (χ1v) is 8.20. The fourth-order valence-electron chi connectivity index (χ4n) is 2.12. The Hall–Kier alpha value is -2.38. The van der Waals surface area contributed by atoms with Crippen LogP contribution in [-0.4, -0.2) is 30.6 Å². The molecule has 25 heavy (non-hydrogen) atoms. The van der Waals surface area contributed by atoms with Gasteiger partial charge >= 0.3 is 6.03 Å². The average Bonchev–Trinajstić information content (AvgIpc) is 2.84. The van der Waals surface area contributed by atoms with Crippen molar-refractivity contribution >= 4 is 46.5 Å². The summed E-state index contributed by atoms with van der Waals surface area (Å²) in [6.07, 6.45) is 0. The minimum absolute atomic E-state index is 0.158. The summed E-state index contributed by atoms with van der Waals surface area (Å²) in [5.74, 6) is -0.0733. The maximum absolute atomic E-state index is 12.4. The molecule has 0 radical (unpaired) electrons. The van der Waals surface area contributed by atoms with Crippen LogP contribution in [0.15, 0.2) is 18.2 Å². The van der Waals surface area contributed by atoms with Crippen molar-refractivity contribution in [1.82, 2.24) is 10.3 Å². The number of urea groups is 1. The molecule has 2 aromatic rings. The van der Waals surface area contributed by atoms with E-state index in [-0.39, 0.29) is 16.7 Å². The van der Waals surface area contributed by atoms with Crippen molar-refractivity contribution in [2.75, 3.05) is 24.3 Å². The Kier molecular flexibility index (Phi) is 6.17. The second kappa shape index (κ2) is 8.13. The van der Waals surface area contributed by atoms with Crippen LogP contribution in [0.4, 0.5) is 16.2 Å². The van der Waals surface area contributed by atoms with Crippen LogP contribution in [-0.2, 0) is 0 Å². The molecule has 4 N–H and O–H groups in total. The first-order valence-electron chi connectivity index (χ1n) is 7.45. The van der Waals surface area contributed by atoms with Gasteiger partial charge in [-0.1, -0.05) is 23.2 Å². The first kappa shape index (κ1) is 19.0. The molecule has 0 aliphatic heterocycles. The second-order valence-corrected chi connectivity index (χ2v) is 5.86. The Morgan fingerprint density at radius 1 is 1.20 bits per heavy atom. The smallest absolute Gasteiger partial charge is 0.319 e. The highest BCUT2D eigenvalue weighted by Crippen LogP contribution is 2.32. The van der Waals surface area contributed by atoms with Crippen LogP contribution in [0.25, 0.3) is 0 Å². The van der Waals surface area contributed by atoms with Gasteiger partial charge in [0.2, 0.25) is 0 Å². The van der Waals surface area contributed by atoms with E-state index in [1.54, 1.807) is 25.1 Å². The molecule has 1 heterocycles. The maximum atomic E-state index is 12.4. The molecule has 0 unspecified atom stereocenters. The number of aryl methyl sites for hydroxylation is 1. The van der Waals surface area contributed by atoms with E-state index in [9.17, 15) is 9.59 Å². The number of carbonyl (C=O) groups excluding carboxylic acids is 2. The van der Waals surface area contributed by atoms with E-state index in [4.69, 9.17) is 27.9 Å². The van der Waals surface area contributed by atoms with E-state index < -0.39 is 5.91 Å². The lowest BCUT2D eigenvalue weighted by Gasteiger charge is -2.12. The molecule has 9 heteroatoms. The van der Waals surface area contributed by atoms with E-state index in [1.165, 1.54) is 7.11 Å². The van der Waals surface area contributed by atoms with Crippen LogP contribution in [0.2, 0.25) is 10.0 Å². The summed E-state index contributed by atoms with van der Waals surface area (Å²) in [4.78, 5) is 26.8. The van der Waals surface area contributed by atoms with Crippen LogP contribution in [0.3, 0.4) is 0 Å². The number of hydrogen-bond donors (Lipinski definition) is 4. The molecule has 0 saturated carbocycles. The Balaban J connectivity index is 2.20. The lowest BCUT2D eigenvalue weighted by molar-refractivity contribution is 0.102. The van der Waals surface area contributed by atoms with Gasteiger partial charge in [-0.25, -0.2) is 4.79 Å². The van der Waals surface area contributed by atoms with E-state index in [0.29, 0.717) is 34.4 Å². The highest BCUT2D eigenvalue weighted by molar-refractivity contribution is 6.44. The van der Waals surface area contributed by atoms with Crippen molar-refractivity contribution < 1.29 is 14.3 Å². The lowest BCUT2D eigenvalue weighted by atomic mass is 10.2. The van der Waals surface area contributed by atoms with Crippen LogP contribution < -0.4 is 20.7 Å². The number of amides is 3. The fraction of sp³-hybridized carbons (Fsp3) is 0.250. The molecule has 7 nitrogen and oxygen atoms in total. The maximum Gasteiger partial charge on any atom is 0.319 e. The fourth-order valence-corrected chi connectivity index (χ4v) is 2.54. The van der Waals surface area contributed by atoms with E-state index >= 15 is 0 Å². The normalized spacial score (nSPS) is 10.3. The third-order valence-corrected chi connectivity index (χ3v) is 4.27. The number of benzene rings is 1. The van der Waals surface area contributed by atoms with Crippen LogP contribution >= 0.6 is 23.2 Å². The summed E-state index contributed by atoms with van der Waals surface area (Å²) >= 11 is 12.0. The van der Waals surface area contributed by atoms with E-state index in [1.807, 2.05) is 6.92 Å². The molecule has 1 aromatic carbocycles. The summed E-state index contributed by atoms with van der Waals surface area (Å²) in [5, 5.41) is 8.45. The Bertz CT molecular complexity index is 805. The number of rotatable bonds is 5. The van der Waals surface area contributed by atoms with Crippen molar-refractivity contribution in [3.63, 3.8) is 0 Å². The van der Waals surface area contributed by atoms with Gasteiger partial charge in [-0.15, -0.1) is 0 Å². The molecule has 1 aromatic heterocycles. The molecule has 0 atom stereocenters. The van der Waals surface area contributed by atoms with Gasteiger partial charge in [-0.05, 0) is 26.0 Å². The number of ether oxygens (including phenoxy) is 1. The number of carbonyl (C=O) groups is 2. The van der Waals surface area contributed by atoms with Gasteiger partial charge in [0, 0.05) is 24.0 Å². The van der Waals surface area contributed by atoms with Crippen molar-refractivity contribution in [2.45, 2.75) is 13.8 Å². The highest BCUT2D eigenvalue weighted by Gasteiger charge is 2.19. The van der Waals surface area contributed by atoms with E-state index in [0.717, 1.165) is 0 Å². The molecule has 2 rings (SSSR count). The lowest BCUT2D eigenvalue weighted by Crippen LogP contribution is -2.28. The number of nitrogens with one attached hydrogen (secondary N) is 4. The summed E-state index contributed by atoms with van der Waals surface area (Å²) in [6.45, 7) is 4.04. The minimum Gasteiger partial charge on any atom is -0.494 e. The molecule has 0 saturated heterocycles. The van der Waals surface area contributed by atoms with Gasteiger partial charge in [-0.3, -0.25) is 4.79 Å². The van der Waals surface area contributed by atoms with Crippen LogP contribution in [0.1, 0.15) is 23.1 Å². The van der Waals surface area contributed by atoms with Crippen LogP contribution in [0.5, 0.6) is 5.75 Å². The molecular weight excluding hydrogens is 367 g/mol. The van der Waals surface area contributed by atoms with E-state index in [2.05, 4.69) is 20.9 Å². The van der Waals surface area contributed by atoms with Gasteiger partial charge in [0.25, 0.3) is 5.91 Å². The summed E-state index contributed by atoms with van der Waals surface area (Å²) < 4.78 is 5.27. The predicted octanol–water partition coefficient (Wildman–Crippen LogP) is 4.03. The molecule has 3 amide bonds. The van der Waals surface area contributed by atoms with Crippen molar-refractivity contribution in [3.05, 3.63) is 39.6 Å². The zero-order chi connectivity index (χ0) is 18.6. The predicted molar refractivity (Wildman–Crippen MR) is 99.2 cm³/mol. The highest BCUT2D eigenvalue weighted by atomic mass is 35.5. The van der Waals surface area contributed by atoms with Gasteiger partial charge in [0.1, 0.15) is 11.4 Å². The van der Waals surface area contributed by atoms with Crippen molar-refractivity contribution in [3.8, 4) is 5.75 Å². The monoisotopic (exact) mass is 384 g/mol. The number of H-pyrrole nitrogens is 1. The minimum atomic E-state index is -0.456. The number of halogens is 2. The third kappa shape index (κ3) is 4.37. The quantitative estimate of drug-likeness (QED) is 0.626. The molecule has 0 aliphatic rings. The third-order valence-electron chi connectivity index (χ3n) is 3.33. The van der Waals surface area contributed by atoms with Gasteiger partial charge in [0.05, 0.1) is 22.8 Å². The average molecular weight is 385 g/mol. The SMILES string of the molecule is CCNC(=O)Nc1ccc(NC(=O)c2[nH]c(C)c(Cl)c2Cl)c(OC)c1. The van der Waals surface area contributed by atoms with Crippen LogP contribution in [0, 0.1) is 6.92 Å². The van der Waals surface area contributed by atoms with Gasteiger partial charge in [-0.2, -0.15) is 0 Å². The summed E-state index contributed by atoms with van der Waals surface area (Å²) in [7, 11) is 1.46. The number of hydrogen-bond acceptors (Lipinski definition) is 3. The molecule has 0 aliphatic carbocycles. The number of aromatic amines is 1. The molecular formula is C16H18Cl2N4O3. The Labute approximate surface area is 155 Å². The molecule has 0 bridgehead atoms. The second-order valence-electron chi connectivity index (χ2n) is 5.11. The van der Waals surface area contributed by atoms with Crippen molar-refractivity contribution in [2.24, 2.45) is 0 Å². The molecule has 134 valence electrons. The first-order chi connectivity index (χ1) is 11.9. The summed E-state index contributed by atoms with van der Waals surface area (Å²) in [5.41, 5.74) is 1.71. The van der Waals surface area contributed by atoms with Gasteiger partial charge < -0.3 is 25.7 Å². The Morgan fingerprint density at radius 2 is 1.92 bits per heavy atom. The standard InChI is InChI=1S/C16H18Cl2N4O3/c1-4-19-16(24)21-9-5-6-10(11(7-9)25-3)22-15(23)14-13(18)12(17)8(2)20-14/h5-7,20H,4H2,1-3H3,(H,22,23)(H2,19,21,24). The zero-order valence-electron chi connectivity index (χ0n) is 13.9. The summed E-state index contributed by atoms with van der Waals surface area (Å²) in [6, 6.07) is 4.52. The largest absolute Gasteiger partial charge is 0.494 e. The topological polar surface area (TPSA) is 95.3 Å². The number of aromatic nitrogens is 1. The number of anilines is 2. The molecule has 0 spiro atoms.